The molecule has 0 fully saturated rings. The molecule has 0 radical (unpaired) electrons. The average Bonchev–Trinajstić information content (AvgIpc) is 2.49. The van der Waals surface area contributed by atoms with E-state index in [1.165, 1.54) is 24.3 Å². The van der Waals surface area contributed by atoms with E-state index in [4.69, 9.17) is 23.2 Å². The van der Waals surface area contributed by atoms with E-state index in [1.54, 1.807) is 30.3 Å². The molecule has 1 N–H and O–H groups in total. The minimum atomic E-state index is -0.527. The van der Waals surface area contributed by atoms with Gasteiger partial charge < -0.3 is 5.32 Å². The molecule has 112 valence electrons. The second-order valence-corrected chi connectivity index (χ2v) is 5.12. The lowest BCUT2D eigenvalue weighted by Crippen LogP contribution is -2.07. The van der Waals surface area contributed by atoms with Gasteiger partial charge in [0.05, 0.1) is 15.0 Å². The molecule has 22 heavy (non-hydrogen) atoms. The Hall–Kier alpha value is -2.37. The Morgan fingerprint density at radius 3 is 2.59 bits per heavy atom. The Bertz CT molecular complexity index is 760. The fourth-order valence-corrected chi connectivity index (χ4v) is 1.98. The fraction of sp³-hybridized carbons (Fsp3) is 0. The van der Waals surface area contributed by atoms with Crippen LogP contribution in [0.3, 0.4) is 0 Å². The number of benzene rings is 2. The third kappa shape index (κ3) is 4.31. The van der Waals surface area contributed by atoms with Crippen LogP contribution < -0.4 is 5.32 Å². The normalized spacial score (nSPS) is 10.6. The molecule has 5 nitrogen and oxygen atoms in total. The van der Waals surface area contributed by atoms with Gasteiger partial charge in [0.15, 0.2) is 0 Å². The molecule has 7 heteroatoms. The van der Waals surface area contributed by atoms with Crippen molar-refractivity contribution >= 4 is 46.6 Å². The molecular formula is C15H10Cl2N2O3. The van der Waals surface area contributed by atoms with Crippen LogP contribution in [0.25, 0.3) is 6.08 Å². The fourth-order valence-electron chi connectivity index (χ4n) is 1.67. The zero-order chi connectivity index (χ0) is 16.1. The highest BCUT2D eigenvalue weighted by Gasteiger charge is 2.06. The predicted molar refractivity (Wildman–Crippen MR) is 87.2 cm³/mol. The zero-order valence-corrected chi connectivity index (χ0v) is 12.6. The van der Waals surface area contributed by atoms with Crippen molar-refractivity contribution in [1.29, 1.82) is 0 Å². The largest absolute Gasteiger partial charge is 0.322 e. The summed E-state index contributed by atoms with van der Waals surface area (Å²) in [7, 11) is 0. The summed E-state index contributed by atoms with van der Waals surface area (Å²) in [6.07, 6.45) is 2.87. The quantitative estimate of drug-likeness (QED) is 0.505. The van der Waals surface area contributed by atoms with E-state index < -0.39 is 10.8 Å². The molecule has 0 spiro atoms. The number of amides is 1. The minimum absolute atomic E-state index is 0.0914. The van der Waals surface area contributed by atoms with Crippen molar-refractivity contribution < 1.29 is 9.72 Å². The van der Waals surface area contributed by atoms with Crippen molar-refractivity contribution in [2.45, 2.75) is 0 Å². The van der Waals surface area contributed by atoms with Crippen molar-refractivity contribution in [3.05, 3.63) is 74.3 Å². The van der Waals surface area contributed by atoms with E-state index in [2.05, 4.69) is 5.32 Å². The average molecular weight is 337 g/mol. The summed E-state index contributed by atoms with van der Waals surface area (Å²) in [6.45, 7) is 0. The molecule has 0 bridgehead atoms. The van der Waals surface area contributed by atoms with Crippen molar-refractivity contribution in [3.8, 4) is 0 Å². The number of hydrogen-bond donors (Lipinski definition) is 1. The molecule has 0 aliphatic heterocycles. The summed E-state index contributed by atoms with van der Waals surface area (Å²) in [5, 5.41) is 14.0. The van der Waals surface area contributed by atoms with E-state index in [-0.39, 0.29) is 5.69 Å². The maximum Gasteiger partial charge on any atom is 0.271 e. The van der Waals surface area contributed by atoms with E-state index in [0.717, 1.165) is 0 Å². The van der Waals surface area contributed by atoms with E-state index >= 15 is 0 Å². The van der Waals surface area contributed by atoms with Gasteiger partial charge in [-0.3, -0.25) is 14.9 Å². The third-order valence-electron chi connectivity index (χ3n) is 2.70. The number of nitro groups is 1. The molecule has 2 aromatic carbocycles. The van der Waals surface area contributed by atoms with Crippen LogP contribution in [0.1, 0.15) is 5.56 Å². The number of carbonyl (C=O) groups excluding carboxylic acids is 1. The van der Waals surface area contributed by atoms with Gasteiger partial charge in [-0.25, -0.2) is 0 Å². The molecule has 0 heterocycles. The Kier molecular flexibility index (Phi) is 5.14. The lowest BCUT2D eigenvalue weighted by atomic mass is 10.2. The number of non-ortho nitro benzene ring substituents is 1. The van der Waals surface area contributed by atoms with Crippen LogP contribution >= 0.6 is 23.2 Å². The second kappa shape index (κ2) is 7.06. The first kappa shape index (κ1) is 16.0. The van der Waals surface area contributed by atoms with Crippen LogP contribution in [0, 0.1) is 10.1 Å². The Balaban J connectivity index is 2.06. The number of hydrogen-bond acceptors (Lipinski definition) is 3. The van der Waals surface area contributed by atoms with Crippen LogP contribution in [0.4, 0.5) is 11.4 Å². The van der Waals surface area contributed by atoms with Gasteiger partial charge in [0.25, 0.3) is 5.69 Å². The maximum absolute atomic E-state index is 11.8. The van der Waals surface area contributed by atoms with E-state index in [1.807, 2.05) is 0 Å². The summed E-state index contributed by atoms with van der Waals surface area (Å²) >= 11 is 11.7. The smallest absolute Gasteiger partial charge is 0.271 e. The lowest BCUT2D eigenvalue weighted by Gasteiger charge is -2.02. The third-order valence-corrected chi connectivity index (χ3v) is 3.43. The first-order valence-electron chi connectivity index (χ1n) is 6.14. The number of carbonyl (C=O) groups is 1. The lowest BCUT2D eigenvalue weighted by molar-refractivity contribution is -0.384. The molecule has 0 unspecified atom stereocenters. The molecule has 2 aromatic rings. The first-order chi connectivity index (χ1) is 10.5. The summed E-state index contributed by atoms with van der Waals surface area (Å²) in [5.74, 6) is -0.411. The number of rotatable bonds is 4. The molecule has 0 saturated carbocycles. The van der Waals surface area contributed by atoms with Gasteiger partial charge in [-0.15, -0.1) is 0 Å². The van der Waals surface area contributed by atoms with Crippen LogP contribution in [0.15, 0.2) is 48.5 Å². The number of halogens is 2. The van der Waals surface area contributed by atoms with Crippen molar-refractivity contribution in [1.82, 2.24) is 0 Å². The summed E-state index contributed by atoms with van der Waals surface area (Å²) in [6, 6.07) is 10.7. The first-order valence-corrected chi connectivity index (χ1v) is 6.90. The summed E-state index contributed by atoms with van der Waals surface area (Å²) in [4.78, 5) is 21.9. The molecule has 0 aliphatic carbocycles. The van der Waals surface area contributed by atoms with Gasteiger partial charge in [-0.1, -0.05) is 35.3 Å². The van der Waals surface area contributed by atoms with E-state index in [9.17, 15) is 14.9 Å². The van der Waals surface area contributed by atoms with Gasteiger partial charge in [-0.05, 0) is 29.8 Å². The maximum atomic E-state index is 11.8. The van der Waals surface area contributed by atoms with Gasteiger partial charge >= 0.3 is 0 Å². The predicted octanol–water partition coefficient (Wildman–Crippen LogP) is 4.55. The molecule has 0 saturated heterocycles. The molecule has 0 atom stereocenters. The monoisotopic (exact) mass is 336 g/mol. The highest BCUT2D eigenvalue weighted by atomic mass is 35.5. The SMILES string of the molecule is O=C(/C=C/c1ccc(Cl)c(Cl)c1)Nc1cccc([N+](=O)[O-])c1. The van der Waals surface area contributed by atoms with Gasteiger partial charge in [0, 0.05) is 23.9 Å². The summed E-state index contributed by atoms with van der Waals surface area (Å²) in [5.41, 5.74) is 0.966. The minimum Gasteiger partial charge on any atom is -0.322 e. The standard InChI is InChI=1S/C15H10Cl2N2O3/c16-13-6-4-10(8-14(13)17)5-7-15(20)18-11-2-1-3-12(9-11)19(21)22/h1-9H,(H,18,20)/b7-5+. The van der Waals surface area contributed by atoms with Gasteiger partial charge in [0.2, 0.25) is 5.91 Å². The Morgan fingerprint density at radius 1 is 1.14 bits per heavy atom. The van der Waals surface area contributed by atoms with Crippen LogP contribution in [0.5, 0.6) is 0 Å². The van der Waals surface area contributed by atoms with Crippen molar-refractivity contribution in [2.75, 3.05) is 5.32 Å². The zero-order valence-electron chi connectivity index (χ0n) is 11.1. The van der Waals surface area contributed by atoms with Crippen LogP contribution in [-0.4, -0.2) is 10.8 Å². The van der Waals surface area contributed by atoms with Crippen LogP contribution in [-0.2, 0) is 4.79 Å². The molecular weight excluding hydrogens is 327 g/mol. The van der Waals surface area contributed by atoms with Gasteiger partial charge in [0.1, 0.15) is 0 Å². The number of nitrogens with one attached hydrogen (secondary N) is 1. The van der Waals surface area contributed by atoms with E-state index in [0.29, 0.717) is 21.3 Å². The highest BCUT2D eigenvalue weighted by molar-refractivity contribution is 6.42. The topological polar surface area (TPSA) is 72.2 Å². The van der Waals surface area contributed by atoms with Crippen LogP contribution in [0.2, 0.25) is 10.0 Å². The second-order valence-electron chi connectivity index (χ2n) is 4.30. The van der Waals surface area contributed by atoms with Gasteiger partial charge in [-0.2, -0.15) is 0 Å². The molecule has 0 aliphatic rings. The number of nitrogens with zero attached hydrogens (tertiary/aromatic N) is 1. The summed E-state index contributed by atoms with van der Waals surface area (Å²) < 4.78 is 0. The number of anilines is 1. The number of nitro benzene ring substituents is 1. The Morgan fingerprint density at radius 2 is 1.91 bits per heavy atom. The van der Waals surface area contributed by atoms with Crippen molar-refractivity contribution in [2.24, 2.45) is 0 Å². The highest BCUT2D eigenvalue weighted by Crippen LogP contribution is 2.23. The molecule has 1 amide bonds. The van der Waals surface area contributed by atoms with Crippen molar-refractivity contribution in [3.63, 3.8) is 0 Å². The molecule has 2 rings (SSSR count). The Labute approximate surface area is 136 Å². The molecule has 0 aromatic heterocycles.